The van der Waals surface area contributed by atoms with E-state index in [-0.39, 0.29) is 16.8 Å². The summed E-state index contributed by atoms with van der Waals surface area (Å²) in [6.45, 7) is 2.49. The van der Waals surface area contributed by atoms with Crippen LogP contribution < -0.4 is 15.4 Å². The lowest BCUT2D eigenvalue weighted by atomic mass is 10.1. The van der Waals surface area contributed by atoms with E-state index in [1.807, 2.05) is 0 Å². The number of amides is 1. The molecule has 1 amide bonds. The van der Waals surface area contributed by atoms with Crippen molar-refractivity contribution in [3.05, 3.63) is 24.3 Å². The van der Waals surface area contributed by atoms with Crippen LogP contribution in [0, 0.1) is 0 Å². The third-order valence-corrected chi connectivity index (χ3v) is 6.27. The van der Waals surface area contributed by atoms with Crippen LogP contribution in [0.25, 0.3) is 0 Å². The number of carbonyl (C=O) groups excluding carboxylic acids is 1. The predicted octanol–water partition coefficient (Wildman–Crippen LogP) is 1.82. The van der Waals surface area contributed by atoms with Crippen molar-refractivity contribution in [1.29, 1.82) is 0 Å². The average molecular weight is 394 g/mol. The van der Waals surface area contributed by atoms with Crippen LogP contribution in [0.4, 0.5) is 5.69 Å². The van der Waals surface area contributed by atoms with Gasteiger partial charge in [0, 0.05) is 18.7 Å². The third kappa shape index (κ3) is 5.43. The zero-order chi connectivity index (χ0) is 19.3. The molecule has 0 atom stereocenters. The van der Waals surface area contributed by atoms with E-state index in [9.17, 15) is 13.2 Å². The summed E-state index contributed by atoms with van der Waals surface area (Å²) in [6, 6.07) is 6.53. The van der Waals surface area contributed by atoms with Crippen molar-refractivity contribution in [2.75, 3.05) is 18.7 Å². The second kappa shape index (κ2) is 8.71. The first-order valence-corrected chi connectivity index (χ1v) is 10.9. The maximum atomic E-state index is 12.5. The molecule has 8 nitrogen and oxygen atoms in total. The van der Waals surface area contributed by atoms with Crippen molar-refractivity contribution in [2.45, 2.75) is 56.4 Å². The Kier molecular flexibility index (Phi) is 6.33. The van der Waals surface area contributed by atoms with E-state index in [0.29, 0.717) is 25.1 Å². The molecule has 1 saturated carbocycles. The van der Waals surface area contributed by atoms with Crippen LogP contribution in [0.3, 0.4) is 0 Å². The van der Waals surface area contributed by atoms with E-state index in [0.717, 1.165) is 0 Å². The molecule has 0 bridgehead atoms. The molecular weight excluding hydrogens is 366 g/mol. The van der Waals surface area contributed by atoms with Gasteiger partial charge in [-0.25, -0.2) is 18.1 Å². The second-order valence-corrected chi connectivity index (χ2v) is 8.71. The molecule has 0 spiro atoms. The van der Waals surface area contributed by atoms with Crippen molar-refractivity contribution in [2.24, 2.45) is 4.99 Å². The predicted molar refractivity (Wildman–Crippen MR) is 105 cm³/mol. The van der Waals surface area contributed by atoms with Gasteiger partial charge in [0.15, 0.2) is 0 Å². The van der Waals surface area contributed by atoms with E-state index in [2.05, 4.69) is 25.2 Å². The van der Waals surface area contributed by atoms with Gasteiger partial charge in [0.05, 0.1) is 18.2 Å². The lowest BCUT2D eigenvalue weighted by Crippen LogP contribution is -2.52. The third-order valence-electron chi connectivity index (χ3n) is 4.92. The van der Waals surface area contributed by atoms with E-state index < -0.39 is 10.0 Å². The van der Waals surface area contributed by atoms with E-state index in [1.165, 1.54) is 57.6 Å². The van der Waals surface area contributed by atoms with Crippen LogP contribution in [-0.4, -0.2) is 44.6 Å². The number of anilines is 1. The van der Waals surface area contributed by atoms with Gasteiger partial charge in [-0.3, -0.25) is 9.69 Å². The minimum absolute atomic E-state index is 0.118. The molecule has 1 aromatic carbocycles. The monoisotopic (exact) mass is 393 g/mol. The second-order valence-electron chi connectivity index (χ2n) is 7.03. The van der Waals surface area contributed by atoms with Crippen LogP contribution in [0.15, 0.2) is 34.2 Å². The number of nitrogens with one attached hydrogen (secondary N) is 3. The molecule has 1 aromatic rings. The highest BCUT2D eigenvalue weighted by Crippen LogP contribution is 2.22. The Hall–Kier alpha value is -2.13. The quantitative estimate of drug-likeness (QED) is 0.677. The number of rotatable bonds is 4. The van der Waals surface area contributed by atoms with Crippen LogP contribution in [0.1, 0.15) is 45.4 Å². The molecule has 1 aliphatic heterocycles. The van der Waals surface area contributed by atoms with Crippen molar-refractivity contribution >= 4 is 27.6 Å². The number of sulfonamides is 1. The molecule has 1 heterocycles. The van der Waals surface area contributed by atoms with Gasteiger partial charge in [-0.05, 0) is 37.1 Å². The lowest BCUT2D eigenvalue weighted by Gasteiger charge is -2.33. The highest BCUT2D eigenvalue weighted by atomic mass is 32.2. The number of carbonyl (C=O) groups is 1. The molecule has 3 rings (SSSR count). The number of nitrogens with zero attached hydrogens (tertiary/aromatic N) is 2. The Bertz CT molecular complexity index is 784. The molecule has 0 aromatic heterocycles. The van der Waals surface area contributed by atoms with Gasteiger partial charge in [0.1, 0.15) is 0 Å². The topological polar surface area (TPSA) is 103 Å². The van der Waals surface area contributed by atoms with Gasteiger partial charge in [-0.15, -0.1) is 0 Å². The summed E-state index contributed by atoms with van der Waals surface area (Å²) in [6.07, 6.45) is 7.45. The summed E-state index contributed by atoms with van der Waals surface area (Å²) in [7, 11) is -3.73. The number of hydrogen-bond donors (Lipinski definition) is 3. The molecule has 0 radical (unpaired) electrons. The zero-order valence-electron chi connectivity index (χ0n) is 15.6. The molecule has 2 aliphatic rings. The fourth-order valence-electron chi connectivity index (χ4n) is 3.49. The summed E-state index contributed by atoms with van der Waals surface area (Å²) >= 11 is 0. The van der Waals surface area contributed by atoms with Crippen molar-refractivity contribution in [1.82, 2.24) is 14.9 Å². The average Bonchev–Trinajstić information content (AvgIpc) is 2.91. The van der Waals surface area contributed by atoms with Crippen LogP contribution in [-0.2, 0) is 14.8 Å². The van der Waals surface area contributed by atoms with Crippen molar-refractivity contribution in [3.8, 4) is 0 Å². The Morgan fingerprint density at radius 1 is 1.15 bits per heavy atom. The maximum absolute atomic E-state index is 12.5. The fraction of sp³-hybridized carbons (Fsp3) is 0.556. The SMILES string of the molecule is CC(=O)Nc1ccc(S(=O)(=O)NC2=NCN(C3CCCCCC3)CN2)cc1. The minimum atomic E-state index is -3.73. The number of aliphatic imine (C=N–C) groups is 1. The van der Waals surface area contributed by atoms with Crippen LogP contribution in [0.2, 0.25) is 0 Å². The molecule has 3 N–H and O–H groups in total. The van der Waals surface area contributed by atoms with Crippen LogP contribution in [0.5, 0.6) is 0 Å². The molecule has 0 unspecified atom stereocenters. The Morgan fingerprint density at radius 3 is 2.37 bits per heavy atom. The van der Waals surface area contributed by atoms with Gasteiger partial charge in [0.25, 0.3) is 10.0 Å². The highest BCUT2D eigenvalue weighted by Gasteiger charge is 2.24. The summed E-state index contributed by atoms with van der Waals surface area (Å²) in [4.78, 5) is 17.8. The Balaban J connectivity index is 1.60. The number of benzene rings is 1. The van der Waals surface area contributed by atoms with Crippen molar-refractivity contribution < 1.29 is 13.2 Å². The smallest absolute Gasteiger partial charge is 0.264 e. The molecule has 148 valence electrons. The number of hydrogen-bond acceptors (Lipinski definition) is 6. The van der Waals surface area contributed by atoms with Gasteiger partial charge in [-0.2, -0.15) is 0 Å². The molecule has 1 aliphatic carbocycles. The largest absolute Gasteiger partial charge is 0.343 e. The molecule has 9 heteroatoms. The summed E-state index contributed by atoms with van der Waals surface area (Å²) in [5.41, 5.74) is 0.550. The first-order valence-electron chi connectivity index (χ1n) is 9.37. The van der Waals surface area contributed by atoms with Gasteiger partial charge >= 0.3 is 0 Å². The normalized spacial score (nSPS) is 19.5. The van der Waals surface area contributed by atoms with E-state index in [1.54, 1.807) is 12.1 Å². The van der Waals surface area contributed by atoms with E-state index >= 15 is 0 Å². The maximum Gasteiger partial charge on any atom is 0.264 e. The first-order chi connectivity index (χ1) is 12.9. The molecule has 0 saturated heterocycles. The standard InChI is InChI=1S/C18H27N5O3S/c1-14(24)21-15-8-10-17(11-9-15)27(25,26)22-18-19-12-23(13-20-18)16-6-4-2-3-5-7-16/h8-11,16H,2-7,12-13H2,1H3,(H,21,24)(H2,19,20,22). The summed E-state index contributed by atoms with van der Waals surface area (Å²) in [5.74, 6) is 0.0634. The zero-order valence-corrected chi connectivity index (χ0v) is 16.4. The van der Waals surface area contributed by atoms with Gasteiger partial charge in [-0.1, -0.05) is 25.7 Å². The molecular formula is C18H27N5O3S. The van der Waals surface area contributed by atoms with Crippen molar-refractivity contribution in [3.63, 3.8) is 0 Å². The lowest BCUT2D eigenvalue weighted by molar-refractivity contribution is -0.114. The highest BCUT2D eigenvalue weighted by molar-refractivity contribution is 7.90. The van der Waals surface area contributed by atoms with Gasteiger partial charge in [0.2, 0.25) is 11.9 Å². The summed E-state index contributed by atoms with van der Waals surface area (Å²) < 4.78 is 27.6. The molecule has 27 heavy (non-hydrogen) atoms. The number of guanidine groups is 1. The Morgan fingerprint density at radius 2 is 1.81 bits per heavy atom. The molecule has 1 fully saturated rings. The van der Waals surface area contributed by atoms with E-state index in [4.69, 9.17) is 0 Å². The Labute approximate surface area is 160 Å². The first kappa shape index (κ1) is 19.6. The minimum Gasteiger partial charge on any atom is -0.343 e. The summed E-state index contributed by atoms with van der Waals surface area (Å²) in [5, 5.41) is 5.69. The van der Waals surface area contributed by atoms with Crippen LogP contribution >= 0.6 is 0 Å². The van der Waals surface area contributed by atoms with Gasteiger partial charge < -0.3 is 10.6 Å². The fourth-order valence-corrected chi connectivity index (χ4v) is 4.49.